The Balaban J connectivity index is 2.18. The van der Waals surface area contributed by atoms with Gasteiger partial charge in [-0.15, -0.1) is 0 Å². The number of halogens is 2. The van der Waals surface area contributed by atoms with E-state index in [9.17, 15) is 13.9 Å². The van der Waals surface area contributed by atoms with Crippen LogP contribution < -0.4 is 4.74 Å². The summed E-state index contributed by atoms with van der Waals surface area (Å²) in [5.74, 6) is 3.94. The first-order valence-electron chi connectivity index (χ1n) is 7.93. The maximum atomic E-state index is 14.0. The third-order valence-corrected chi connectivity index (χ3v) is 3.51. The molecule has 0 saturated carbocycles. The molecule has 126 valence electrons. The number of hydrogen-bond donors (Lipinski definition) is 1. The first-order valence-corrected chi connectivity index (χ1v) is 7.93. The molecule has 0 aliphatic carbocycles. The predicted octanol–water partition coefficient (Wildman–Crippen LogP) is 4.60. The van der Waals surface area contributed by atoms with Crippen LogP contribution in [-0.4, -0.2) is 11.7 Å². The molecule has 0 saturated heterocycles. The van der Waals surface area contributed by atoms with Crippen molar-refractivity contribution in [3.05, 3.63) is 64.7 Å². The van der Waals surface area contributed by atoms with Crippen LogP contribution in [0.4, 0.5) is 8.78 Å². The summed E-state index contributed by atoms with van der Waals surface area (Å²) in [6.45, 7) is 4.10. The molecule has 2 rings (SSSR count). The van der Waals surface area contributed by atoms with Crippen molar-refractivity contribution in [3.63, 3.8) is 0 Å². The first-order chi connectivity index (χ1) is 11.5. The zero-order valence-corrected chi connectivity index (χ0v) is 13.8. The average molecular weight is 330 g/mol. The Bertz CT molecular complexity index is 717. The Kier molecular flexibility index (Phi) is 6.34. The number of rotatable bonds is 5. The second-order valence-electron chi connectivity index (χ2n) is 5.51. The molecule has 0 bridgehead atoms. The van der Waals surface area contributed by atoms with E-state index in [1.54, 1.807) is 31.2 Å². The number of aliphatic hydroxyl groups is 1. The van der Waals surface area contributed by atoms with Gasteiger partial charge >= 0.3 is 0 Å². The molecular weight excluding hydrogens is 310 g/mol. The van der Waals surface area contributed by atoms with E-state index in [0.717, 1.165) is 30.5 Å². The van der Waals surface area contributed by atoms with Gasteiger partial charge < -0.3 is 9.84 Å². The van der Waals surface area contributed by atoms with E-state index in [0.29, 0.717) is 12.2 Å². The molecule has 0 heterocycles. The number of benzene rings is 2. The zero-order valence-electron chi connectivity index (χ0n) is 13.8. The van der Waals surface area contributed by atoms with Gasteiger partial charge in [-0.3, -0.25) is 0 Å². The third kappa shape index (κ3) is 4.81. The predicted molar refractivity (Wildman–Crippen MR) is 89.8 cm³/mol. The number of unbranched alkanes of at least 4 members (excludes halogenated alkanes) is 1. The van der Waals surface area contributed by atoms with Crippen molar-refractivity contribution in [3.8, 4) is 17.6 Å². The Morgan fingerprint density at radius 2 is 1.71 bits per heavy atom. The molecular formula is C20H20F2O2. The molecule has 1 N–H and O–H groups in total. The number of aliphatic hydroxyl groups excluding tert-OH is 1. The molecule has 0 aliphatic heterocycles. The maximum absolute atomic E-state index is 14.0. The van der Waals surface area contributed by atoms with Crippen LogP contribution in [-0.2, 0) is 0 Å². The van der Waals surface area contributed by atoms with E-state index in [-0.39, 0.29) is 11.3 Å². The monoisotopic (exact) mass is 330 g/mol. The summed E-state index contributed by atoms with van der Waals surface area (Å²) >= 11 is 0. The van der Waals surface area contributed by atoms with Crippen LogP contribution in [0.25, 0.3) is 0 Å². The normalized spacial score (nSPS) is 11.5. The third-order valence-electron chi connectivity index (χ3n) is 3.51. The molecule has 0 fully saturated rings. The SMILES string of the molecule is CCCCOc1cc(F)c(C#Cc2ccc(C(C)O)cc2)c(F)c1. The fraction of sp³-hybridized carbons (Fsp3) is 0.300. The molecule has 2 aromatic rings. The van der Waals surface area contributed by atoms with Crippen molar-refractivity contribution in [2.24, 2.45) is 0 Å². The summed E-state index contributed by atoms with van der Waals surface area (Å²) in [4.78, 5) is 0. The quantitative estimate of drug-likeness (QED) is 0.641. The van der Waals surface area contributed by atoms with Gasteiger partial charge in [-0.2, -0.15) is 0 Å². The van der Waals surface area contributed by atoms with Gasteiger partial charge in [0.05, 0.1) is 18.3 Å². The minimum absolute atomic E-state index is 0.172. The molecule has 0 radical (unpaired) electrons. The lowest BCUT2D eigenvalue weighted by Gasteiger charge is -2.06. The van der Waals surface area contributed by atoms with E-state index in [4.69, 9.17) is 4.74 Å². The van der Waals surface area contributed by atoms with E-state index < -0.39 is 17.7 Å². The molecule has 24 heavy (non-hydrogen) atoms. The summed E-state index contributed by atoms with van der Waals surface area (Å²) in [7, 11) is 0. The van der Waals surface area contributed by atoms with Crippen LogP contribution in [0, 0.1) is 23.5 Å². The number of ether oxygens (including phenoxy) is 1. The fourth-order valence-electron chi connectivity index (χ4n) is 2.07. The topological polar surface area (TPSA) is 29.5 Å². The van der Waals surface area contributed by atoms with Crippen LogP contribution in [0.15, 0.2) is 36.4 Å². The van der Waals surface area contributed by atoms with Gasteiger partial charge in [-0.1, -0.05) is 37.3 Å². The van der Waals surface area contributed by atoms with Gasteiger partial charge in [0.15, 0.2) is 0 Å². The van der Waals surface area contributed by atoms with Crippen molar-refractivity contribution in [1.82, 2.24) is 0 Å². The second-order valence-corrected chi connectivity index (χ2v) is 5.51. The Hall–Kier alpha value is -2.38. The lowest BCUT2D eigenvalue weighted by molar-refractivity contribution is 0.199. The smallest absolute Gasteiger partial charge is 0.145 e. The van der Waals surface area contributed by atoms with Crippen LogP contribution in [0.2, 0.25) is 0 Å². The molecule has 0 amide bonds. The summed E-state index contributed by atoms with van der Waals surface area (Å²) < 4.78 is 33.4. The van der Waals surface area contributed by atoms with Crippen LogP contribution in [0.5, 0.6) is 5.75 Å². The molecule has 4 heteroatoms. The minimum atomic E-state index is -0.741. The van der Waals surface area contributed by atoms with Gasteiger partial charge in [-0.25, -0.2) is 8.78 Å². The maximum Gasteiger partial charge on any atom is 0.145 e. The van der Waals surface area contributed by atoms with Crippen molar-refractivity contribution >= 4 is 0 Å². The highest BCUT2D eigenvalue weighted by Crippen LogP contribution is 2.20. The van der Waals surface area contributed by atoms with Crippen molar-refractivity contribution in [2.75, 3.05) is 6.61 Å². The Morgan fingerprint density at radius 3 is 2.25 bits per heavy atom. The number of hydrogen-bond acceptors (Lipinski definition) is 2. The first kappa shape index (κ1) is 18.0. The molecule has 0 spiro atoms. The van der Waals surface area contributed by atoms with Gasteiger partial charge in [0.25, 0.3) is 0 Å². The van der Waals surface area contributed by atoms with E-state index in [1.807, 2.05) is 6.92 Å². The van der Waals surface area contributed by atoms with Crippen molar-refractivity contribution < 1.29 is 18.6 Å². The van der Waals surface area contributed by atoms with Gasteiger partial charge in [0.2, 0.25) is 0 Å². The Labute approximate surface area is 141 Å². The fourth-order valence-corrected chi connectivity index (χ4v) is 2.07. The summed E-state index contributed by atoms with van der Waals surface area (Å²) in [6, 6.07) is 9.16. The van der Waals surface area contributed by atoms with Crippen LogP contribution in [0.3, 0.4) is 0 Å². The van der Waals surface area contributed by atoms with Crippen LogP contribution in [0.1, 0.15) is 49.5 Å². The molecule has 1 unspecified atom stereocenters. The molecule has 1 atom stereocenters. The highest BCUT2D eigenvalue weighted by atomic mass is 19.1. The van der Waals surface area contributed by atoms with Gasteiger partial charge in [-0.05, 0) is 31.0 Å². The minimum Gasteiger partial charge on any atom is -0.493 e. The molecule has 0 aromatic heterocycles. The summed E-state index contributed by atoms with van der Waals surface area (Å²) in [5, 5.41) is 9.45. The van der Waals surface area contributed by atoms with E-state index >= 15 is 0 Å². The van der Waals surface area contributed by atoms with E-state index in [2.05, 4.69) is 11.8 Å². The van der Waals surface area contributed by atoms with Gasteiger partial charge in [0, 0.05) is 17.7 Å². The highest BCUT2D eigenvalue weighted by molar-refractivity contribution is 5.46. The zero-order chi connectivity index (χ0) is 17.5. The summed E-state index contributed by atoms with van der Waals surface area (Å²) in [5.41, 5.74) is 1.09. The largest absolute Gasteiger partial charge is 0.493 e. The van der Waals surface area contributed by atoms with Crippen molar-refractivity contribution in [2.45, 2.75) is 32.8 Å². The Morgan fingerprint density at radius 1 is 1.08 bits per heavy atom. The lowest BCUT2D eigenvalue weighted by Crippen LogP contribution is -1.99. The molecule has 2 aromatic carbocycles. The summed E-state index contributed by atoms with van der Waals surface area (Å²) in [6.07, 6.45) is 1.21. The standard InChI is InChI=1S/C20H20F2O2/c1-3-4-11-24-17-12-19(21)18(20(22)13-17)10-7-15-5-8-16(9-6-15)14(2)23/h5-6,8-9,12-14,23H,3-4,11H2,1-2H3. The molecule has 0 aliphatic rings. The van der Waals surface area contributed by atoms with Crippen LogP contribution >= 0.6 is 0 Å². The second kappa shape index (κ2) is 8.47. The lowest BCUT2D eigenvalue weighted by atomic mass is 10.1. The average Bonchev–Trinajstić information content (AvgIpc) is 2.55. The van der Waals surface area contributed by atoms with Gasteiger partial charge in [0.1, 0.15) is 17.4 Å². The van der Waals surface area contributed by atoms with Crippen molar-refractivity contribution in [1.29, 1.82) is 0 Å². The highest BCUT2D eigenvalue weighted by Gasteiger charge is 2.10. The molecule has 2 nitrogen and oxygen atoms in total. The van der Waals surface area contributed by atoms with E-state index in [1.165, 1.54) is 0 Å².